The van der Waals surface area contributed by atoms with Gasteiger partial charge in [-0.3, -0.25) is 9.52 Å². The Bertz CT molecular complexity index is 1340. The number of halogens is 1. The molecule has 0 saturated carbocycles. The second-order valence-electron chi connectivity index (χ2n) is 7.90. The Morgan fingerprint density at radius 3 is 2.26 bits per heavy atom. The van der Waals surface area contributed by atoms with Crippen LogP contribution in [0.1, 0.15) is 34.8 Å². The molecule has 34 heavy (non-hydrogen) atoms. The number of nitrogens with one attached hydrogen (secondary N) is 2. The van der Waals surface area contributed by atoms with E-state index < -0.39 is 27.9 Å². The maximum Gasteiger partial charge on any atom is 0.326 e. The highest BCUT2D eigenvalue weighted by molar-refractivity contribution is 7.92. The van der Waals surface area contributed by atoms with Gasteiger partial charge in [-0.05, 0) is 78.9 Å². The van der Waals surface area contributed by atoms with E-state index in [0.717, 1.165) is 11.1 Å². The second kappa shape index (κ2) is 10.3. The van der Waals surface area contributed by atoms with Gasteiger partial charge in [0.1, 0.15) is 6.04 Å². The molecule has 0 bridgehead atoms. The summed E-state index contributed by atoms with van der Waals surface area (Å²) in [5, 5.41) is 12.1. The lowest BCUT2D eigenvalue weighted by Crippen LogP contribution is -2.40. The molecule has 178 valence electrons. The summed E-state index contributed by atoms with van der Waals surface area (Å²) < 4.78 is 28.6. The molecule has 0 spiro atoms. The van der Waals surface area contributed by atoms with E-state index in [9.17, 15) is 18.0 Å². The highest BCUT2D eigenvalue weighted by atomic mass is 35.5. The number of benzene rings is 3. The van der Waals surface area contributed by atoms with Crippen molar-refractivity contribution in [3.63, 3.8) is 0 Å². The third-order valence-electron chi connectivity index (χ3n) is 5.35. The first-order valence-electron chi connectivity index (χ1n) is 10.6. The maximum atomic E-state index is 13.0. The van der Waals surface area contributed by atoms with Crippen LogP contribution in [0.15, 0.2) is 65.6 Å². The zero-order valence-electron chi connectivity index (χ0n) is 18.9. The first-order valence-corrected chi connectivity index (χ1v) is 12.4. The summed E-state index contributed by atoms with van der Waals surface area (Å²) in [7, 11) is -3.83. The minimum atomic E-state index is -3.83. The molecule has 1 amide bonds. The van der Waals surface area contributed by atoms with E-state index >= 15 is 0 Å². The van der Waals surface area contributed by atoms with E-state index in [1.54, 1.807) is 75.4 Å². The Morgan fingerprint density at radius 1 is 0.971 bits per heavy atom. The fourth-order valence-corrected chi connectivity index (χ4v) is 4.99. The Kier molecular flexibility index (Phi) is 7.64. The summed E-state index contributed by atoms with van der Waals surface area (Å²) >= 11 is 6.09. The van der Waals surface area contributed by atoms with Gasteiger partial charge in [0.2, 0.25) is 0 Å². The SMILES string of the molecule is CCC(NC(=O)c1ccc(-c2cccc(NS(=O)(=O)c3cc(C)c(Cl)cc3C)c2)cc1)C(=O)O. The summed E-state index contributed by atoms with van der Waals surface area (Å²) in [4.78, 5) is 23.6. The van der Waals surface area contributed by atoms with Crippen LogP contribution >= 0.6 is 11.6 Å². The zero-order valence-corrected chi connectivity index (χ0v) is 20.5. The average Bonchev–Trinajstić information content (AvgIpc) is 2.79. The van der Waals surface area contributed by atoms with Crippen LogP contribution in [-0.2, 0) is 14.8 Å². The quantitative estimate of drug-likeness (QED) is 0.402. The molecule has 0 radical (unpaired) electrons. The smallest absolute Gasteiger partial charge is 0.326 e. The molecule has 3 aromatic carbocycles. The monoisotopic (exact) mass is 500 g/mol. The topological polar surface area (TPSA) is 113 Å². The number of hydrogen-bond donors (Lipinski definition) is 3. The van der Waals surface area contributed by atoms with Gasteiger partial charge >= 0.3 is 5.97 Å². The summed E-state index contributed by atoms with van der Waals surface area (Å²) in [5.74, 6) is -1.56. The van der Waals surface area contributed by atoms with Crippen LogP contribution in [0, 0.1) is 13.8 Å². The van der Waals surface area contributed by atoms with Crippen LogP contribution in [-0.4, -0.2) is 31.4 Å². The van der Waals surface area contributed by atoms with Crippen molar-refractivity contribution in [2.45, 2.75) is 38.1 Å². The molecular weight excluding hydrogens is 476 g/mol. The average molecular weight is 501 g/mol. The van der Waals surface area contributed by atoms with E-state index in [1.807, 2.05) is 6.07 Å². The molecule has 0 fully saturated rings. The predicted octanol–water partition coefficient (Wildman–Crippen LogP) is 5.02. The van der Waals surface area contributed by atoms with Crippen LogP contribution in [0.3, 0.4) is 0 Å². The van der Waals surface area contributed by atoms with Crippen molar-refractivity contribution in [3.8, 4) is 11.1 Å². The summed E-state index contributed by atoms with van der Waals surface area (Å²) in [5.41, 5.74) is 3.43. The van der Waals surface area contributed by atoms with E-state index in [0.29, 0.717) is 27.4 Å². The Balaban J connectivity index is 1.81. The molecule has 3 rings (SSSR count). The first-order chi connectivity index (χ1) is 16.0. The van der Waals surface area contributed by atoms with Crippen molar-refractivity contribution in [1.29, 1.82) is 0 Å². The molecule has 0 aliphatic heterocycles. The normalized spacial score (nSPS) is 12.1. The van der Waals surface area contributed by atoms with Crippen molar-refractivity contribution >= 4 is 39.2 Å². The van der Waals surface area contributed by atoms with Crippen molar-refractivity contribution in [2.75, 3.05) is 4.72 Å². The van der Waals surface area contributed by atoms with Crippen molar-refractivity contribution in [3.05, 3.63) is 82.4 Å². The number of rotatable bonds is 8. The number of carbonyl (C=O) groups is 2. The number of sulfonamides is 1. The summed E-state index contributed by atoms with van der Waals surface area (Å²) in [6, 6.07) is 15.7. The van der Waals surface area contributed by atoms with Gasteiger partial charge in [-0.25, -0.2) is 13.2 Å². The van der Waals surface area contributed by atoms with Gasteiger partial charge < -0.3 is 10.4 Å². The third kappa shape index (κ3) is 5.76. The van der Waals surface area contributed by atoms with Crippen LogP contribution in [0.5, 0.6) is 0 Å². The first kappa shape index (κ1) is 25.3. The minimum absolute atomic E-state index is 0.155. The van der Waals surface area contributed by atoms with Crippen molar-refractivity contribution < 1.29 is 23.1 Å². The van der Waals surface area contributed by atoms with Crippen LogP contribution < -0.4 is 10.0 Å². The molecule has 7 nitrogen and oxygen atoms in total. The van der Waals surface area contributed by atoms with Gasteiger partial charge in [-0.15, -0.1) is 0 Å². The van der Waals surface area contributed by atoms with Crippen LogP contribution in [0.4, 0.5) is 5.69 Å². The molecule has 0 aliphatic carbocycles. The number of aryl methyl sites for hydroxylation is 2. The lowest BCUT2D eigenvalue weighted by Gasteiger charge is -2.14. The van der Waals surface area contributed by atoms with Gasteiger partial charge in [0, 0.05) is 16.3 Å². The van der Waals surface area contributed by atoms with E-state index in [1.165, 1.54) is 0 Å². The van der Waals surface area contributed by atoms with Gasteiger partial charge in [0.25, 0.3) is 15.9 Å². The number of anilines is 1. The molecule has 0 heterocycles. The molecule has 0 aromatic heterocycles. The van der Waals surface area contributed by atoms with Gasteiger partial charge in [0.05, 0.1) is 4.90 Å². The van der Waals surface area contributed by atoms with Crippen molar-refractivity contribution in [1.82, 2.24) is 5.32 Å². The Hall–Kier alpha value is -3.36. The minimum Gasteiger partial charge on any atom is -0.480 e. The molecule has 0 aliphatic rings. The van der Waals surface area contributed by atoms with Gasteiger partial charge in [-0.2, -0.15) is 0 Å². The number of carbonyl (C=O) groups excluding carboxylic acids is 1. The van der Waals surface area contributed by atoms with Crippen LogP contribution in [0.25, 0.3) is 11.1 Å². The Labute approximate surface area is 203 Å². The lowest BCUT2D eigenvalue weighted by atomic mass is 10.0. The van der Waals surface area contributed by atoms with Gasteiger partial charge in [0.15, 0.2) is 0 Å². The number of aliphatic carboxylic acids is 1. The maximum absolute atomic E-state index is 13.0. The number of carboxylic acid groups (broad SMARTS) is 1. The fourth-order valence-electron chi connectivity index (χ4n) is 3.41. The summed E-state index contributed by atoms with van der Waals surface area (Å²) in [6.45, 7) is 5.11. The van der Waals surface area contributed by atoms with Gasteiger partial charge in [-0.1, -0.05) is 42.8 Å². The van der Waals surface area contributed by atoms with Crippen LogP contribution in [0.2, 0.25) is 5.02 Å². The van der Waals surface area contributed by atoms with Crippen molar-refractivity contribution in [2.24, 2.45) is 0 Å². The molecule has 9 heteroatoms. The third-order valence-corrected chi connectivity index (χ3v) is 7.28. The predicted molar refractivity (Wildman–Crippen MR) is 133 cm³/mol. The largest absolute Gasteiger partial charge is 0.480 e. The standard InChI is InChI=1S/C25H25ClN2O5S/c1-4-22(25(30)31)27-24(29)18-10-8-17(9-11-18)19-6-5-7-20(14-19)28-34(32,33)23-13-15(2)21(26)12-16(23)3/h5-14,22,28H,4H2,1-3H3,(H,27,29)(H,30,31). The Morgan fingerprint density at radius 2 is 1.65 bits per heavy atom. The zero-order chi connectivity index (χ0) is 25.0. The molecular formula is C25H25ClN2O5S. The number of amides is 1. The molecule has 1 atom stereocenters. The molecule has 3 aromatic rings. The highest BCUT2D eigenvalue weighted by Gasteiger charge is 2.20. The number of hydrogen-bond acceptors (Lipinski definition) is 4. The fraction of sp³-hybridized carbons (Fsp3) is 0.200. The lowest BCUT2D eigenvalue weighted by molar-refractivity contribution is -0.139. The van der Waals surface area contributed by atoms with E-state index in [2.05, 4.69) is 10.0 Å². The van der Waals surface area contributed by atoms with E-state index in [-0.39, 0.29) is 11.3 Å². The van der Waals surface area contributed by atoms with E-state index in [4.69, 9.17) is 16.7 Å². The molecule has 1 unspecified atom stereocenters. The number of carboxylic acids is 1. The second-order valence-corrected chi connectivity index (χ2v) is 9.96. The summed E-state index contributed by atoms with van der Waals surface area (Å²) in [6.07, 6.45) is 0.275. The highest BCUT2D eigenvalue weighted by Crippen LogP contribution is 2.28. The molecule has 0 saturated heterocycles. The molecule has 3 N–H and O–H groups in total.